The highest BCUT2D eigenvalue weighted by atomic mass is 32.1. The molecule has 3 N–H and O–H groups in total. The summed E-state index contributed by atoms with van der Waals surface area (Å²) in [6.45, 7) is 9.19. The molecule has 0 radical (unpaired) electrons. The lowest BCUT2D eigenvalue weighted by atomic mass is 9.61. The molecule has 1 fully saturated rings. The van der Waals surface area contributed by atoms with Crippen molar-refractivity contribution in [2.45, 2.75) is 46.2 Å². The number of hydrogen-bond acceptors (Lipinski definition) is 3. The van der Waals surface area contributed by atoms with Gasteiger partial charge in [-0.25, -0.2) is 0 Å². The van der Waals surface area contributed by atoms with Gasteiger partial charge in [-0.3, -0.25) is 0 Å². The number of hydrogen-bond donors (Lipinski definition) is 2. The van der Waals surface area contributed by atoms with E-state index in [0.717, 1.165) is 19.0 Å². The van der Waals surface area contributed by atoms with Crippen LogP contribution in [0.25, 0.3) is 0 Å². The summed E-state index contributed by atoms with van der Waals surface area (Å²) < 4.78 is 0. The maximum absolute atomic E-state index is 6.20. The van der Waals surface area contributed by atoms with Crippen LogP contribution in [0.15, 0.2) is 16.8 Å². The van der Waals surface area contributed by atoms with Crippen molar-refractivity contribution in [3.63, 3.8) is 0 Å². The number of rotatable bonds is 4. The fourth-order valence-electron chi connectivity index (χ4n) is 3.09. The standard InChI is InChI=1S/C15H26N2S/c1-11-14(16)5-4-13(15(11,2)3)9-17-8-12-6-7-18-10-12/h6-7,10-11,13-14,17H,4-5,8-9,16H2,1-3H3. The summed E-state index contributed by atoms with van der Waals surface area (Å²) in [6.07, 6.45) is 2.44. The van der Waals surface area contributed by atoms with E-state index in [1.165, 1.54) is 18.4 Å². The molecule has 3 unspecified atom stereocenters. The van der Waals surface area contributed by atoms with Crippen LogP contribution in [0.5, 0.6) is 0 Å². The van der Waals surface area contributed by atoms with Crippen LogP contribution in [0, 0.1) is 17.3 Å². The highest BCUT2D eigenvalue weighted by molar-refractivity contribution is 7.07. The van der Waals surface area contributed by atoms with E-state index in [1.807, 2.05) is 0 Å². The molecule has 1 aliphatic rings. The molecular weight excluding hydrogens is 240 g/mol. The normalized spacial score (nSPS) is 31.4. The summed E-state index contributed by atoms with van der Waals surface area (Å²) in [5.41, 5.74) is 7.95. The molecule has 1 saturated carbocycles. The van der Waals surface area contributed by atoms with E-state index < -0.39 is 0 Å². The van der Waals surface area contributed by atoms with Crippen molar-refractivity contribution in [3.05, 3.63) is 22.4 Å². The summed E-state index contributed by atoms with van der Waals surface area (Å²) in [5, 5.41) is 7.98. The van der Waals surface area contributed by atoms with Crippen LogP contribution in [0.4, 0.5) is 0 Å². The molecule has 0 bridgehead atoms. The quantitative estimate of drug-likeness (QED) is 0.878. The first-order valence-electron chi connectivity index (χ1n) is 6.99. The van der Waals surface area contributed by atoms with E-state index in [1.54, 1.807) is 11.3 Å². The van der Waals surface area contributed by atoms with Gasteiger partial charge in [-0.2, -0.15) is 11.3 Å². The van der Waals surface area contributed by atoms with Crippen LogP contribution >= 0.6 is 11.3 Å². The molecule has 1 aromatic heterocycles. The summed E-state index contributed by atoms with van der Waals surface area (Å²) in [4.78, 5) is 0. The van der Waals surface area contributed by atoms with Crippen LogP contribution in [-0.4, -0.2) is 12.6 Å². The molecule has 3 heteroatoms. The van der Waals surface area contributed by atoms with Gasteiger partial charge in [0.25, 0.3) is 0 Å². The second kappa shape index (κ2) is 5.72. The molecule has 0 spiro atoms. The van der Waals surface area contributed by atoms with E-state index in [9.17, 15) is 0 Å². The van der Waals surface area contributed by atoms with Crippen LogP contribution in [0.2, 0.25) is 0 Å². The molecule has 0 aliphatic heterocycles. The third-order valence-electron chi connectivity index (χ3n) is 5.02. The minimum atomic E-state index is 0.347. The van der Waals surface area contributed by atoms with Crippen molar-refractivity contribution in [2.24, 2.45) is 23.0 Å². The van der Waals surface area contributed by atoms with Gasteiger partial charge in [-0.05, 0) is 59.0 Å². The van der Waals surface area contributed by atoms with Crippen molar-refractivity contribution in [3.8, 4) is 0 Å². The summed E-state index contributed by atoms with van der Waals surface area (Å²) in [7, 11) is 0. The van der Waals surface area contributed by atoms with E-state index in [4.69, 9.17) is 5.73 Å². The van der Waals surface area contributed by atoms with Gasteiger partial charge < -0.3 is 11.1 Å². The van der Waals surface area contributed by atoms with Gasteiger partial charge in [0.05, 0.1) is 0 Å². The zero-order valence-electron chi connectivity index (χ0n) is 11.8. The van der Waals surface area contributed by atoms with E-state index in [0.29, 0.717) is 17.4 Å². The highest BCUT2D eigenvalue weighted by Gasteiger charge is 2.41. The van der Waals surface area contributed by atoms with Crippen LogP contribution < -0.4 is 11.1 Å². The van der Waals surface area contributed by atoms with Crippen LogP contribution in [0.3, 0.4) is 0 Å². The molecular formula is C15H26N2S. The Balaban J connectivity index is 1.85. The zero-order valence-corrected chi connectivity index (χ0v) is 12.6. The van der Waals surface area contributed by atoms with Crippen molar-refractivity contribution < 1.29 is 0 Å². The Bertz CT molecular complexity index is 359. The average molecular weight is 266 g/mol. The summed E-state index contributed by atoms with van der Waals surface area (Å²) in [6, 6.07) is 2.58. The van der Waals surface area contributed by atoms with Gasteiger partial charge in [-0.15, -0.1) is 0 Å². The van der Waals surface area contributed by atoms with Gasteiger partial charge in [0, 0.05) is 12.6 Å². The van der Waals surface area contributed by atoms with Gasteiger partial charge in [0.2, 0.25) is 0 Å². The predicted octanol–water partition coefficient (Wildman–Crippen LogP) is 3.24. The lowest BCUT2D eigenvalue weighted by Crippen LogP contribution is -2.49. The molecule has 1 heterocycles. The first-order valence-corrected chi connectivity index (χ1v) is 7.93. The molecule has 102 valence electrons. The van der Waals surface area contributed by atoms with E-state index in [2.05, 4.69) is 42.9 Å². The molecule has 1 aliphatic carbocycles. The third kappa shape index (κ3) is 2.95. The molecule has 18 heavy (non-hydrogen) atoms. The largest absolute Gasteiger partial charge is 0.327 e. The lowest BCUT2D eigenvalue weighted by Gasteiger charge is -2.47. The average Bonchev–Trinajstić information content (AvgIpc) is 2.83. The Hall–Kier alpha value is -0.380. The van der Waals surface area contributed by atoms with Crippen LogP contribution in [0.1, 0.15) is 39.2 Å². The molecule has 2 rings (SSSR count). The summed E-state index contributed by atoms with van der Waals surface area (Å²) >= 11 is 1.77. The number of nitrogens with two attached hydrogens (primary N) is 1. The maximum Gasteiger partial charge on any atom is 0.0213 e. The van der Waals surface area contributed by atoms with Crippen molar-refractivity contribution in [2.75, 3.05) is 6.54 Å². The summed E-state index contributed by atoms with van der Waals surface area (Å²) in [5.74, 6) is 1.35. The number of thiophene rings is 1. The molecule has 3 atom stereocenters. The SMILES string of the molecule is CC1C(N)CCC(CNCc2ccsc2)C1(C)C. The van der Waals surface area contributed by atoms with Gasteiger partial charge in [0.1, 0.15) is 0 Å². The Morgan fingerprint density at radius 2 is 2.22 bits per heavy atom. The Morgan fingerprint density at radius 3 is 2.89 bits per heavy atom. The first kappa shape index (κ1) is 14.0. The number of nitrogens with one attached hydrogen (secondary N) is 1. The predicted molar refractivity (Wildman–Crippen MR) is 79.7 cm³/mol. The van der Waals surface area contributed by atoms with Crippen molar-refractivity contribution in [1.82, 2.24) is 5.32 Å². The highest BCUT2D eigenvalue weighted by Crippen LogP contribution is 2.43. The minimum absolute atomic E-state index is 0.347. The van der Waals surface area contributed by atoms with Gasteiger partial charge in [-0.1, -0.05) is 20.8 Å². The molecule has 0 amide bonds. The minimum Gasteiger partial charge on any atom is -0.327 e. The van der Waals surface area contributed by atoms with Gasteiger partial charge in [0.15, 0.2) is 0 Å². The molecule has 0 saturated heterocycles. The lowest BCUT2D eigenvalue weighted by molar-refractivity contribution is 0.0539. The molecule has 1 aromatic rings. The Morgan fingerprint density at radius 1 is 1.44 bits per heavy atom. The second-order valence-corrected chi connectivity index (χ2v) is 7.09. The monoisotopic (exact) mass is 266 g/mol. The van der Waals surface area contributed by atoms with E-state index >= 15 is 0 Å². The third-order valence-corrected chi connectivity index (χ3v) is 5.75. The first-order chi connectivity index (χ1) is 8.51. The van der Waals surface area contributed by atoms with Crippen molar-refractivity contribution >= 4 is 11.3 Å². The topological polar surface area (TPSA) is 38.0 Å². The maximum atomic E-state index is 6.20. The fourth-order valence-corrected chi connectivity index (χ4v) is 3.76. The fraction of sp³-hybridized carbons (Fsp3) is 0.733. The molecule has 2 nitrogen and oxygen atoms in total. The second-order valence-electron chi connectivity index (χ2n) is 6.31. The smallest absolute Gasteiger partial charge is 0.0213 e. The molecule has 0 aromatic carbocycles. The van der Waals surface area contributed by atoms with E-state index in [-0.39, 0.29) is 0 Å². The van der Waals surface area contributed by atoms with Crippen molar-refractivity contribution in [1.29, 1.82) is 0 Å². The zero-order chi connectivity index (χ0) is 13.2. The Kier molecular flexibility index (Phi) is 4.46. The Labute approximate surface area is 115 Å². The van der Waals surface area contributed by atoms with Crippen LogP contribution in [-0.2, 0) is 6.54 Å². The van der Waals surface area contributed by atoms with Gasteiger partial charge >= 0.3 is 0 Å².